The molecule has 20 heavy (non-hydrogen) atoms. The third kappa shape index (κ3) is 2.97. The van der Waals surface area contributed by atoms with E-state index in [0.717, 1.165) is 6.07 Å². The van der Waals surface area contributed by atoms with E-state index in [1.807, 2.05) is 0 Å². The zero-order chi connectivity index (χ0) is 14.5. The summed E-state index contributed by atoms with van der Waals surface area (Å²) in [4.78, 5) is 16.1. The molecule has 3 N–H and O–H groups in total. The minimum Gasteiger partial charge on any atom is -0.508 e. The van der Waals surface area contributed by atoms with E-state index < -0.39 is 5.91 Å². The molecule has 1 heterocycles. The van der Waals surface area contributed by atoms with E-state index in [1.54, 1.807) is 19.1 Å². The molecule has 1 aromatic heterocycles. The number of anilines is 1. The van der Waals surface area contributed by atoms with Crippen molar-refractivity contribution in [3.63, 3.8) is 0 Å². The first-order valence-corrected chi connectivity index (χ1v) is 6.03. The van der Waals surface area contributed by atoms with Crippen LogP contribution in [0.5, 0.6) is 17.4 Å². The van der Waals surface area contributed by atoms with Crippen LogP contribution in [0.4, 0.5) is 5.69 Å². The molecule has 0 bridgehead atoms. The zero-order valence-electron chi connectivity index (χ0n) is 10.8. The monoisotopic (exact) mass is 274 g/mol. The number of rotatable bonds is 4. The summed E-state index contributed by atoms with van der Waals surface area (Å²) in [7, 11) is 0. The van der Waals surface area contributed by atoms with Crippen LogP contribution in [0.3, 0.4) is 0 Å². The number of phenols is 2. The van der Waals surface area contributed by atoms with Crippen LogP contribution in [-0.2, 0) is 0 Å². The van der Waals surface area contributed by atoms with Gasteiger partial charge in [0.2, 0.25) is 5.88 Å². The number of pyridine rings is 1. The number of hydrogen-bond acceptors (Lipinski definition) is 5. The highest BCUT2D eigenvalue weighted by molar-refractivity contribution is 6.06. The van der Waals surface area contributed by atoms with Crippen molar-refractivity contribution in [1.82, 2.24) is 4.98 Å². The summed E-state index contributed by atoms with van der Waals surface area (Å²) in [5, 5.41) is 21.4. The summed E-state index contributed by atoms with van der Waals surface area (Å²) < 4.78 is 5.27. The topological polar surface area (TPSA) is 91.7 Å². The van der Waals surface area contributed by atoms with Gasteiger partial charge < -0.3 is 20.3 Å². The molecule has 0 radical (unpaired) electrons. The summed E-state index contributed by atoms with van der Waals surface area (Å²) in [5.41, 5.74) is 0.459. The van der Waals surface area contributed by atoms with Crippen molar-refractivity contribution in [2.24, 2.45) is 0 Å². The Hall–Kier alpha value is -2.76. The first-order valence-electron chi connectivity index (χ1n) is 6.03. The molecule has 0 aliphatic carbocycles. The van der Waals surface area contributed by atoms with E-state index in [2.05, 4.69) is 10.3 Å². The van der Waals surface area contributed by atoms with Crippen LogP contribution in [0.25, 0.3) is 0 Å². The highest BCUT2D eigenvalue weighted by Crippen LogP contribution is 2.28. The number of nitrogens with zero attached hydrogens (tertiary/aromatic N) is 1. The van der Waals surface area contributed by atoms with Crippen molar-refractivity contribution in [2.45, 2.75) is 6.92 Å². The van der Waals surface area contributed by atoms with E-state index in [1.165, 1.54) is 18.3 Å². The minimum atomic E-state index is -0.456. The van der Waals surface area contributed by atoms with Gasteiger partial charge in [-0.05, 0) is 31.2 Å². The minimum absolute atomic E-state index is 0.0862. The maximum Gasteiger partial charge on any atom is 0.261 e. The van der Waals surface area contributed by atoms with Gasteiger partial charge >= 0.3 is 0 Å². The Bertz CT molecular complexity index is 628. The van der Waals surface area contributed by atoms with Crippen molar-refractivity contribution < 1.29 is 19.7 Å². The van der Waals surface area contributed by atoms with Gasteiger partial charge in [0.1, 0.15) is 17.1 Å². The molecule has 0 saturated carbocycles. The molecule has 0 aliphatic rings. The molecule has 0 aliphatic heterocycles. The standard InChI is InChI=1S/C14H14N2O4/c1-2-20-14-10(4-3-7-15-14)13(19)16-11-6-5-9(17)8-12(11)18/h3-8,17-18H,2H2,1H3,(H,16,19). The highest BCUT2D eigenvalue weighted by Gasteiger charge is 2.15. The van der Waals surface area contributed by atoms with Gasteiger partial charge in [0, 0.05) is 12.3 Å². The number of carbonyl (C=O) groups excluding carboxylic acids is 1. The molecule has 0 atom stereocenters. The number of hydrogen-bond donors (Lipinski definition) is 3. The second-order valence-electron chi connectivity index (χ2n) is 3.94. The van der Waals surface area contributed by atoms with E-state index in [0.29, 0.717) is 6.61 Å². The zero-order valence-corrected chi connectivity index (χ0v) is 10.8. The van der Waals surface area contributed by atoms with E-state index in [4.69, 9.17) is 4.74 Å². The molecule has 104 valence electrons. The van der Waals surface area contributed by atoms with Gasteiger partial charge in [-0.15, -0.1) is 0 Å². The average molecular weight is 274 g/mol. The molecule has 0 spiro atoms. The Morgan fingerprint density at radius 3 is 2.85 bits per heavy atom. The second kappa shape index (κ2) is 5.92. The lowest BCUT2D eigenvalue weighted by Crippen LogP contribution is -2.14. The quantitative estimate of drug-likeness (QED) is 0.587. The summed E-state index contributed by atoms with van der Waals surface area (Å²) in [6.07, 6.45) is 1.53. The average Bonchev–Trinajstić information content (AvgIpc) is 2.43. The van der Waals surface area contributed by atoms with Crippen LogP contribution in [0.1, 0.15) is 17.3 Å². The van der Waals surface area contributed by atoms with Gasteiger partial charge in [0.15, 0.2) is 0 Å². The predicted octanol–water partition coefficient (Wildman–Crippen LogP) is 2.14. The molecule has 2 aromatic rings. The van der Waals surface area contributed by atoms with Crippen LogP contribution >= 0.6 is 0 Å². The Labute approximate surface area is 115 Å². The first kappa shape index (κ1) is 13.7. The van der Waals surface area contributed by atoms with Gasteiger partial charge in [0.05, 0.1) is 12.3 Å². The number of aromatic hydroxyl groups is 2. The number of amides is 1. The number of carbonyl (C=O) groups is 1. The summed E-state index contributed by atoms with van der Waals surface area (Å²) >= 11 is 0. The lowest BCUT2D eigenvalue weighted by atomic mass is 10.2. The normalized spacial score (nSPS) is 10.1. The van der Waals surface area contributed by atoms with Crippen LogP contribution in [0.15, 0.2) is 36.5 Å². The smallest absolute Gasteiger partial charge is 0.261 e. The fourth-order valence-corrected chi connectivity index (χ4v) is 1.63. The fraction of sp³-hybridized carbons (Fsp3) is 0.143. The summed E-state index contributed by atoms with van der Waals surface area (Å²) in [5.74, 6) is -0.537. The van der Waals surface area contributed by atoms with Gasteiger partial charge in [0.25, 0.3) is 5.91 Å². The molecule has 1 amide bonds. The molecule has 0 fully saturated rings. The third-order valence-corrected chi connectivity index (χ3v) is 2.53. The number of aromatic nitrogens is 1. The number of ether oxygens (including phenoxy) is 1. The first-order chi connectivity index (χ1) is 9.61. The largest absolute Gasteiger partial charge is 0.508 e. The maximum atomic E-state index is 12.1. The van der Waals surface area contributed by atoms with Gasteiger partial charge in [-0.3, -0.25) is 4.79 Å². The number of benzene rings is 1. The molecule has 2 rings (SSSR count). The van der Waals surface area contributed by atoms with Crippen LogP contribution in [-0.4, -0.2) is 27.7 Å². The molecule has 0 saturated heterocycles. The van der Waals surface area contributed by atoms with Crippen LogP contribution in [0.2, 0.25) is 0 Å². The van der Waals surface area contributed by atoms with E-state index in [9.17, 15) is 15.0 Å². The Morgan fingerprint density at radius 1 is 1.35 bits per heavy atom. The summed E-state index contributed by atoms with van der Waals surface area (Å²) in [6, 6.07) is 7.10. The predicted molar refractivity (Wildman–Crippen MR) is 73.1 cm³/mol. The number of phenolic OH excluding ortho intramolecular Hbond substituents is 2. The Balaban J connectivity index is 2.24. The van der Waals surface area contributed by atoms with Gasteiger partial charge in [-0.2, -0.15) is 0 Å². The molecule has 1 aromatic carbocycles. The molecular weight excluding hydrogens is 260 g/mol. The van der Waals surface area contributed by atoms with Crippen LogP contribution < -0.4 is 10.1 Å². The third-order valence-electron chi connectivity index (χ3n) is 2.53. The lowest BCUT2D eigenvalue weighted by Gasteiger charge is -2.10. The second-order valence-corrected chi connectivity index (χ2v) is 3.94. The lowest BCUT2D eigenvalue weighted by molar-refractivity contribution is 0.102. The number of nitrogens with one attached hydrogen (secondary N) is 1. The molecule has 0 unspecified atom stereocenters. The van der Waals surface area contributed by atoms with Crippen molar-refractivity contribution in [3.8, 4) is 17.4 Å². The van der Waals surface area contributed by atoms with Crippen molar-refractivity contribution in [3.05, 3.63) is 42.1 Å². The van der Waals surface area contributed by atoms with E-state index in [-0.39, 0.29) is 28.6 Å². The molecule has 6 nitrogen and oxygen atoms in total. The van der Waals surface area contributed by atoms with Crippen LogP contribution in [0, 0.1) is 0 Å². The van der Waals surface area contributed by atoms with Gasteiger partial charge in [-0.25, -0.2) is 4.98 Å². The highest BCUT2D eigenvalue weighted by atomic mass is 16.5. The van der Waals surface area contributed by atoms with Crippen molar-refractivity contribution in [2.75, 3.05) is 11.9 Å². The molecule has 6 heteroatoms. The summed E-state index contributed by atoms with van der Waals surface area (Å²) in [6.45, 7) is 2.18. The maximum absolute atomic E-state index is 12.1. The SMILES string of the molecule is CCOc1ncccc1C(=O)Nc1ccc(O)cc1O. The van der Waals surface area contributed by atoms with E-state index >= 15 is 0 Å². The van der Waals surface area contributed by atoms with Crippen molar-refractivity contribution in [1.29, 1.82) is 0 Å². The Morgan fingerprint density at radius 2 is 2.15 bits per heavy atom. The fourth-order valence-electron chi connectivity index (χ4n) is 1.63. The Kier molecular flexibility index (Phi) is 4.05. The van der Waals surface area contributed by atoms with Crippen molar-refractivity contribution >= 4 is 11.6 Å². The van der Waals surface area contributed by atoms with Gasteiger partial charge in [-0.1, -0.05) is 0 Å². The molecular formula is C14H14N2O4.